The van der Waals surface area contributed by atoms with Crippen LogP contribution in [0, 0.1) is 13.8 Å². The fourth-order valence-electron chi connectivity index (χ4n) is 2.33. The summed E-state index contributed by atoms with van der Waals surface area (Å²) in [5.74, 6) is 1.07. The maximum absolute atomic E-state index is 13.7. The van der Waals surface area contributed by atoms with Crippen molar-refractivity contribution in [3.8, 4) is 5.75 Å². The zero-order valence-electron chi connectivity index (χ0n) is 15.6. The minimum Gasteiger partial charge on any atom is -0.423 e. The van der Waals surface area contributed by atoms with Gasteiger partial charge in [-0.05, 0) is 62.9 Å². The van der Waals surface area contributed by atoms with Crippen LogP contribution in [0.3, 0.4) is 0 Å². The van der Waals surface area contributed by atoms with Gasteiger partial charge in [-0.2, -0.15) is 4.62 Å². The van der Waals surface area contributed by atoms with Gasteiger partial charge in [0.2, 0.25) is 0 Å². The van der Waals surface area contributed by atoms with Crippen molar-refractivity contribution in [2.24, 2.45) is 0 Å². The van der Waals surface area contributed by atoms with Crippen LogP contribution in [0.1, 0.15) is 44.7 Å². The number of nitrogens with zero attached hydrogens (tertiary/aromatic N) is 1. The highest BCUT2D eigenvalue weighted by atomic mass is 31.2. The predicted octanol–water partition coefficient (Wildman–Crippen LogP) is 5.89. The number of pyridine rings is 1. The van der Waals surface area contributed by atoms with E-state index in [4.69, 9.17) is 9.15 Å². The molecule has 0 radical (unpaired) electrons. The van der Waals surface area contributed by atoms with Gasteiger partial charge in [-0.25, -0.2) is 15.0 Å². The fraction of sp³-hybridized carbons (Fsp3) is 0.421. The second-order valence-corrected chi connectivity index (χ2v) is 8.84. The van der Waals surface area contributed by atoms with Gasteiger partial charge >= 0.3 is 7.60 Å². The smallest absolute Gasteiger partial charge is 0.406 e. The van der Waals surface area contributed by atoms with Crippen molar-refractivity contribution in [3.63, 3.8) is 0 Å². The van der Waals surface area contributed by atoms with Crippen molar-refractivity contribution < 1.29 is 13.7 Å². The lowest BCUT2D eigenvalue weighted by Crippen LogP contribution is -2.28. The van der Waals surface area contributed by atoms with Crippen molar-refractivity contribution in [1.29, 1.82) is 0 Å². The van der Waals surface area contributed by atoms with Crippen molar-refractivity contribution in [2.45, 2.75) is 52.6 Å². The first-order chi connectivity index (χ1) is 11.8. The Morgan fingerprint density at radius 3 is 2.36 bits per heavy atom. The largest absolute Gasteiger partial charge is 0.423 e. The first kappa shape index (κ1) is 19.5. The van der Waals surface area contributed by atoms with Gasteiger partial charge in [-0.15, -0.1) is 0 Å². The molecule has 1 aromatic carbocycles. The highest BCUT2D eigenvalue weighted by Gasteiger charge is 2.47. The molecule has 0 saturated heterocycles. The molecule has 0 saturated carbocycles. The number of nitrogens with one attached hydrogen (secondary N) is 1. The second-order valence-electron chi connectivity index (χ2n) is 6.40. The molecule has 0 fully saturated rings. The van der Waals surface area contributed by atoms with Gasteiger partial charge in [0.05, 0.1) is 5.16 Å². The zero-order chi connectivity index (χ0) is 18.5. The lowest BCUT2D eigenvalue weighted by molar-refractivity contribution is 0.279. The highest BCUT2D eigenvalue weighted by Crippen LogP contribution is 2.62. The van der Waals surface area contributed by atoms with Crippen LogP contribution in [-0.4, -0.2) is 10.1 Å². The summed E-state index contributed by atoms with van der Waals surface area (Å²) >= 11 is 0. The van der Waals surface area contributed by atoms with Crippen LogP contribution in [0.25, 0.3) is 0 Å². The Morgan fingerprint density at radius 1 is 1.12 bits per heavy atom. The fourth-order valence-corrected chi connectivity index (χ4v) is 4.19. The monoisotopic (exact) mass is 362 g/mol. The number of aryl methyl sites for hydroxylation is 1. The van der Waals surface area contributed by atoms with E-state index in [0.29, 0.717) is 24.4 Å². The molecule has 5 nitrogen and oxygen atoms in total. The molecule has 1 atom stereocenters. The van der Waals surface area contributed by atoms with E-state index in [0.717, 1.165) is 11.1 Å². The number of benzene rings is 1. The Balaban J connectivity index is 2.31. The summed E-state index contributed by atoms with van der Waals surface area (Å²) in [7, 11) is -3.51. The quantitative estimate of drug-likeness (QED) is 0.468. The van der Waals surface area contributed by atoms with E-state index in [1.165, 1.54) is 0 Å². The molecule has 1 unspecified atom stereocenters. The average Bonchev–Trinajstić information content (AvgIpc) is 2.63. The van der Waals surface area contributed by atoms with Gasteiger partial charge in [0.15, 0.2) is 5.82 Å². The molecule has 2 aromatic rings. The molecule has 0 amide bonds. The van der Waals surface area contributed by atoms with Crippen molar-refractivity contribution in [1.82, 2.24) is 4.98 Å². The predicted molar refractivity (Wildman–Crippen MR) is 102 cm³/mol. The number of anilines is 1. The van der Waals surface area contributed by atoms with Gasteiger partial charge in [-0.1, -0.05) is 32.0 Å². The summed E-state index contributed by atoms with van der Waals surface area (Å²) in [6.07, 6.45) is 3.01. The van der Waals surface area contributed by atoms with Gasteiger partial charge in [0, 0.05) is 6.20 Å². The lowest BCUT2D eigenvalue weighted by atomic mass is 10.1. The van der Waals surface area contributed by atoms with Crippen molar-refractivity contribution in [2.75, 3.05) is 5.48 Å². The van der Waals surface area contributed by atoms with Crippen LogP contribution < -0.4 is 10.0 Å². The first-order valence-electron chi connectivity index (χ1n) is 8.57. The summed E-state index contributed by atoms with van der Waals surface area (Å²) in [5, 5.41) is -0.617. The maximum atomic E-state index is 13.7. The van der Waals surface area contributed by atoms with E-state index >= 15 is 0 Å². The maximum Gasteiger partial charge on any atom is 0.406 e. The topological polar surface area (TPSA) is 60.5 Å². The number of aromatic nitrogens is 1. The van der Waals surface area contributed by atoms with Crippen molar-refractivity contribution in [3.05, 3.63) is 53.7 Å². The Kier molecular flexibility index (Phi) is 6.26. The van der Waals surface area contributed by atoms with Gasteiger partial charge < -0.3 is 4.52 Å². The van der Waals surface area contributed by atoms with E-state index in [1.807, 2.05) is 58.9 Å². The average molecular weight is 362 g/mol. The molecule has 0 aliphatic carbocycles. The van der Waals surface area contributed by atoms with Gasteiger partial charge in [0.1, 0.15) is 5.75 Å². The Labute approximate surface area is 150 Å². The summed E-state index contributed by atoms with van der Waals surface area (Å²) in [4.78, 5) is 4.27. The third-order valence-electron chi connectivity index (χ3n) is 4.89. The van der Waals surface area contributed by atoms with Crippen molar-refractivity contribution >= 4 is 13.4 Å². The Bertz CT molecular complexity index is 746. The molecule has 2 rings (SSSR count). The van der Waals surface area contributed by atoms with Crippen LogP contribution >= 0.6 is 7.60 Å². The normalized spacial score (nSPS) is 14.0. The lowest BCUT2D eigenvalue weighted by Gasteiger charge is -2.34. The number of para-hydroxylation sites is 1. The molecule has 136 valence electrons. The molecule has 0 aliphatic heterocycles. The van der Waals surface area contributed by atoms with E-state index in [-0.39, 0.29) is 0 Å². The zero-order valence-corrected chi connectivity index (χ0v) is 16.5. The van der Waals surface area contributed by atoms with Crippen LogP contribution in [-0.2, 0) is 9.19 Å². The standard InChI is InChI=1S/C19H27N2O3P/c1-6-19(5,7-2)25(22,23-17-11-9-8-10-12-17)24-21-18-16(4)15(3)13-14-20-18/h8-14H,6-7H2,1-5H3,(H,20,21). The van der Waals surface area contributed by atoms with E-state index in [2.05, 4.69) is 10.5 Å². The van der Waals surface area contributed by atoms with Crippen LogP contribution in [0.4, 0.5) is 5.82 Å². The molecule has 1 N–H and O–H groups in total. The third-order valence-corrected chi connectivity index (χ3v) is 7.63. The van der Waals surface area contributed by atoms with E-state index < -0.39 is 12.8 Å². The molecule has 25 heavy (non-hydrogen) atoms. The SMILES string of the molecule is CCC(C)(CC)P(=O)(ONc1nccc(C)c1C)Oc1ccccc1. The van der Waals surface area contributed by atoms with E-state index in [1.54, 1.807) is 18.3 Å². The number of hydrogen-bond donors (Lipinski definition) is 1. The van der Waals surface area contributed by atoms with Gasteiger partial charge in [-0.3, -0.25) is 0 Å². The van der Waals surface area contributed by atoms with Crippen LogP contribution in [0.15, 0.2) is 42.6 Å². The van der Waals surface area contributed by atoms with Gasteiger partial charge in [0.25, 0.3) is 0 Å². The number of rotatable bonds is 8. The summed E-state index contributed by atoms with van der Waals surface area (Å²) in [6, 6.07) is 11.0. The molecule has 1 heterocycles. The highest BCUT2D eigenvalue weighted by molar-refractivity contribution is 7.56. The molecular formula is C19H27N2O3P. The van der Waals surface area contributed by atoms with E-state index in [9.17, 15) is 4.57 Å². The first-order valence-corrected chi connectivity index (χ1v) is 10.1. The Hall–Kier alpha value is -1.84. The van der Waals surface area contributed by atoms with Crippen LogP contribution in [0.5, 0.6) is 5.75 Å². The minimum absolute atomic E-state index is 0.523. The third kappa shape index (κ3) is 4.23. The van der Waals surface area contributed by atoms with Crippen LogP contribution in [0.2, 0.25) is 0 Å². The Morgan fingerprint density at radius 2 is 1.76 bits per heavy atom. The summed E-state index contributed by atoms with van der Waals surface area (Å²) in [5.41, 5.74) is 4.81. The molecular weight excluding hydrogens is 335 g/mol. The molecule has 6 heteroatoms. The molecule has 1 aromatic heterocycles. The minimum atomic E-state index is -3.51. The second kappa shape index (κ2) is 8.03. The molecule has 0 bridgehead atoms. The summed E-state index contributed by atoms with van der Waals surface area (Å²) in [6.45, 7) is 9.84. The summed E-state index contributed by atoms with van der Waals surface area (Å²) < 4.78 is 25.3. The molecule has 0 aliphatic rings. The number of hydrogen-bond acceptors (Lipinski definition) is 5. The molecule has 0 spiro atoms.